The molecule has 1 N–H and O–H groups in total. The number of nitrogens with one attached hydrogen (secondary N) is 1. The van der Waals surface area contributed by atoms with Gasteiger partial charge in [-0.1, -0.05) is 25.5 Å². The highest BCUT2D eigenvalue weighted by Gasteiger charge is 2.28. The van der Waals surface area contributed by atoms with Crippen LogP contribution in [0.5, 0.6) is 11.5 Å². The van der Waals surface area contributed by atoms with Crippen molar-refractivity contribution in [3.63, 3.8) is 0 Å². The molecule has 0 saturated carbocycles. The van der Waals surface area contributed by atoms with Crippen molar-refractivity contribution in [3.05, 3.63) is 39.9 Å². The number of hydrogen-bond acceptors (Lipinski definition) is 6. The highest BCUT2D eigenvalue weighted by atomic mass is 16.6. The maximum absolute atomic E-state index is 13.0. The molecule has 30 heavy (non-hydrogen) atoms. The Bertz CT molecular complexity index is 931. The van der Waals surface area contributed by atoms with Crippen molar-refractivity contribution in [2.45, 2.75) is 38.6 Å². The predicted molar refractivity (Wildman–Crippen MR) is 116 cm³/mol. The van der Waals surface area contributed by atoms with Crippen LogP contribution in [0.1, 0.15) is 43.0 Å². The molecule has 3 rings (SSSR count). The van der Waals surface area contributed by atoms with Gasteiger partial charge in [-0.25, -0.2) is 0 Å². The quantitative estimate of drug-likeness (QED) is 0.495. The third kappa shape index (κ3) is 4.33. The lowest BCUT2D eigenvalue weighted by Gasteiger charge is -2.24. The molecule has 1 heterocycles. The summed E-state index contributed by atoms with van der Waals surface area (Å²) in [6.45, 7) is 4.75. The Morgan fingerprint density at radius 3 is 2.80 bits per heavy atom. The van der Waals surface area contributed by atoms with Gasteiger partial charge in [0.05, 0.1) is 24.7 Å². The minimum atomic E-state index is -0.496. The molecule has 1 unspecified atom stereocenters. The van der Waals surface area contributed by atoms with Gasteiger partial charge in [0.25, 0.3) is 11.6 Å². The lowest BCUT2D eigenvalue weighted by atomic mass is 10.0. The highest BCUT2D eigenvalue weighted by Crippen LogP contribution is 2.41. The number of methoxy groups -OCH3 is 2. The zero-order chi connectivity index (χ0) is 21.7. The van der Waals surface area contributed by atoms with E-state index < -0.39 is 4.92 Å². The summed E-state index contributed by atoms with van der Waals surface area (Å²) in [5.41, 5.74) is -0.0260. The molecule has 2 aromatic rings. The van der Waals surface area contributed by atoms with Crippen LogP contribution < -0.4 is 14.8 Å². The fourth-order valence-corrected chi connectivity index (χ4v) is 4.19. The second-order valence-corrected chi connectivity index (χ2v) is 7.51. The smallest absolute Gasteiger partial charge is 0.282 e. The number of carbonyl (C=O) groups excluding carboxylic acids is 1. The molecule has 2 aromatic carbocycles. The third-order valence-corrected chi connectivity index (χ3v) is 5.71. The van der Waals surface area contributed by atoms with Gasteiger partial charge in [-0.2, -0.15) is 0 Å². The van der Waals surface area contributed by atoms with Crippen LogP contribution in [0, 0.1) is 10.1 Å². The largest absolute Gasteiger partial charge is 0.496 e. The number of hydrogen-bond donors (Lipinski definition) is 1. The molecule has 0 aliphatic carbocycles. The van der Waals surface area contributed by atoms with Crippen LogP contribution in [0.2, 0.25) is 0 Å². The summed E-state index contributed by atoms with van der Waals surface area (Å²) in [4.78, 5) is 26.7. The summed E-state index contributed by atoms with van der Waals surface area (Å²) in [6.07, 6.45) is 4.43. The lowest BCUT2D eigenvalue weighted by Crippen LogP contribution is -2.40. The van der Waals surface area contributed by atoms with Crippen LogP contribution in [-0.4, -0.2) is 55.6 Å². The molecule has 8 heteroatoms. The molecule has 1 saturated heterocycles. The molecule has 1 atom stereocenters. The summed E-state index contributed by atoms with van der Waals surface area (Å²) in [7, 11) is 2.91. The zero-order valence-electron chi connectivity index (χ0n) is 17.8. The number of nitrogens with zero attached hydrogens (tertiary/aromatic N) is 2. The third-order valence-electron chi connectivity index (χ3n) is 5.71. The van der Waals surface area contributed by atoms with Crippen molar-refractivity contribution >= 4 is 22.4 Å². The number of nitro benzene ring substituents is 1. The number of fused-ring (bicyclic) bond motifs is 1. The second kappa shape index (κ2) is 9.75. The molecule has 8 nitrogen and oxygen atoms in total. The van der Waals surface area contributed by atoms with Crippen LogP contribution in [-0.2, 0) is 0 Å². The van der Waals surface area contributed by atoms with E-state index in [0.717, 1.165) is 38.8 Å². The van der Waals surface area contributed by atoms with Gasteiger partial charge in [-0.3, -0.25) is 19.8 Å². The van der Waals surface area contributed by atoms with E-state index in [1.54, 1.807) is 18.2 Å². The van der Waals surface area contributed by atoms with Crippen molar-refractivity contribution < 1.29 is 19.2 Å². The Labute approximate surface area is 176 Å². The Kier molecular flexibility index (Phi) is 7.10. The molecular weight excluding hydrogens is 386 g/mol. The minimum Gasteiger partial charge on any atom is -0.496 e. The molecule has 162 valence electrons. The van der Waals surface area contributed by atoms with Gasteiger partial charge in [-0.05, 0) is 38.4 Å². The van der Waals surface area contributed by atoms with Gasteiger partial charge in [0.2, 0.25) is 0 Å². The molecule has 0 bridgehead atoms. The standard InChI is InChI=1S/C22H29N3O5/c1-4-5-11-24-12-7-8-15(24)14-23-22(26)17-13-18(25(27)28)20-16(21(17)30-3)9-6-10-19(20)29-2/h6,9-10,13,15H,4-5,7-8,11-12,14H2,1-3H3,(H,23,26). The number of rotatable bonds is 9. The topological polar surface area (TPSA) is 93.9 Å². The van der Waals surface area contributed by atoms with Gasteiger partial charge in [0.1, 0.15) is 16.9 Å². The van der Waals surface area contributed by atoms with Gasteiger partial charge in [0.15, 0.2) is 0 Å². The summed E-state index contributed by atoms with van der Waals surface area (Å²) in [5, 5.41) is 15.5. The fourth-order valence-electron chi connectivity index (χ4n) is 4.19. The summed E-state index contributed by atoms with van der Waals surface area (Å²) >= 11 is 0. The molecule has 1 aliphatic heterocycles. The predicted octanol–water partition coefficient (Wildman–Crippen LogP) is 3.76. The number of unbranched alkanes of at least 4 members (excludes halogenated alkanes) is 1. The maximum atomic E-state index is 13.0. The first-order chi connectivity index (χ1) is 14.5. The lowest BCUT2D eigenvalue weighted by molar-refractivity contribution is -0.383. The van der Waals surface area contributed by atoms with Crippen LogP contribution >= 0.6 is 0 Å². The Balaban J connectivity index is 1.91. The van der Waals surface area contributed by atoms with E-state index in [1.165, 1.54) is 20.3 Å². The number of nitro groups is 1. The van der Waals surface area contributed by atoms with E-state index in [0.29, 0.717) is 34.9 Å². The van der Waals surface area contributed by atoms with E-state index in [4.69, 9.17) is 9.47 Å². The number of likely N-dealkylation sites (tertiary alicyclic amines) is 1. The van der Waals surface area contributed by atoms with E-state index >= 15 is 0 Å². The van der Waals surface area contributed by atoms with Crippen LogP contribution in [0.4, 0.5) is 5.69 Å². The average Bonchev–Trinajstić information content (AvgIpc) is 3.21. The minimum absolute atomic E-state index is 0.156. The first kappa shape index (κ1) is 21.8. The van der Waals surface area contributed by atoms with E-state index in [-0.39, 0.29) is 17.2 Å². The van der Waals surface area contributed by atoms with Crippen molar-refractivity contribution in [1.82, 2.24) is 10.2 Å². The van der Waals surface area contributed by atoms with Crippen LogP contribution in [0.3, 0.4) is 0 Å². The molecule has 0 radical (unpaired) electrons. The number of ether oxygens (including phenoxy) is 2. The number of non-ortho nitro benzene ring substituents is 1. The van der Waals surface area contributed by atoms with Crippen molar-refractivity contribution in [2.24, 2.45) is 0 Å². The summed E-state index contributed by atoms with van der Waals surface area (Å²) in [6, 6.07) is 6.65. The summed E-state index contributed by atoms with van der Waals surface area (Å²) in [5.74, 6) is 0.297. The zero-order valence-corrected chi connectivity index (χ0v) is 17.8. The van der Waals surface area contributed by atoms with E-state index in [2.05, 4.69) is 17.1 Å². The molecular formula is C22H29N3O5. The highest BCUT2D eigenvalue weighted by molar-refractivity contribution is 6.09. The van der Waals surface area contributed by atoms with Crippen molar-refractivity contribution in [2.75, 3.05) is 33.9 Å². The number of benzene rings is 2. The fraction of sp³-hybridized carbons (Fsp3) is 0.500. The average molecular weight is 415 g/mol. The maximum Gasteiger partial charge on any atom is 0.282 e. The second-order valence-electron chi connectivity index (χ2n) is 7.51. The monoisotopic (exact) mass is 415 g/mol. The molecule has 1 aliphatic rings. The van der Waals surface area contributed by atoms with Crippen LogP contribution in [0.25, 0.3) is 10.8 Å². The first-order valence-corrected chi connectivity index (χ1v) is 10.4. The first-order valence-electron chi connectivity index (χ1n) is 10.4. The van der Waals surface area contributed by atoms with Gasteiger partial charge >= 0.3 is 0 Å². The van der Waals surface area contributed by atoms with Crippen LogP contribution in [0.15, 0.2) is 24.3 Å². The molecule has 1 fully saturated rings. The normalized spacial score (nSPS) is 16.6. The summed E-state index contributed by atoms with van der Waals surface area (Å²) < 4.78 is 10.8. The van der Waals surface area contributed by atoms with Gasteiger partial charge < -0.3 is 14.8 Å². The van der Waals surface area contributed by atoms with Gasteiger partial charge in [-0.15, -0.1) is 0 Å². The Morgan fingerprint density at radius 1 is 1.33 bits per heavy atom. The molecule has 0 spiro atoms. The Hall–Kier alpha value is -2.87. The Morgan fingerprint density at radius 2 is 2.13 bits per heavy atom. The number of amides is 1. The number of carbonyl (C=O) groups is 1. The van der Waals surface area contributed by atoms with Crippen molar-refractivity contribution in [1.29, 1.82) is 0 Å². The van der Waals surface area contributed by atoms with Gasteiger partial charge in [0, 0.05) is 24.0 Å². The SMILES string of the molecule is CCCCN1CCCC1CNC(=O)c1cc([N+](=O)[O-])c2c(OC)cccc2c1OC. The molecule has 0 aromatic heterocycles. The van der Waals surface area contributed by atoms with E-state index in [1.807, 2.05) is 0 Å². The molecule has 1 amide bonds. The van der Waals surface area contributed by atoms with Crippen molar-refractivity contribution in [3.8, 4) is 11.5 Å². The van der Waals surface area contributed by atoms with E-state index in [9.17, 15) is 14.9 Å².